The fourth-order valence-electron chi connectivity index (χ4n) is 2.40. The highest BCUT2D eigenvalue weighted by Crippen LogP contribution is 2.36. The van der Waals surface area contributed by atoms with E-state index in [1.165, 1.54) is 0 Å². The molecular weight excluding hydrogens is 218 g/mol. The fraction of sp³-hybridized carbons (Fsp3) is 0.833. The molecule has 1 saturated carbocycles. The first-order valence-corrected chi connectivity index (χ1v) is 6.43. The number of hydrogen-bond acceptors (Lipinski definition) is 3. The first kappa shape index (κ1) is 13.8. The van der Waals surface area contributed by atoms with E-state index in [-0.39, 0.29) is 11.7 Å². The third-order valence-electron chi connectivity index (χ3n) is 3.56. The number of unbranched alkanes of at least 4 members (excludes halogenated alkanes) is 1. The Kier molecular flexibility index (Phi) is 5.25. The average Bonchev–Trinajstić information content (AvgIpc) is 2.38. The van der Waals surface area contributed by atoms with Crippen LogP contribution in [0.1, 0.15) is 51.9 Å². The standard InChI is InChI=1S/C12H23N3O2/c1-2-3-9-14-11(16)12(10(13)15-17)7-5-4-6-8-12/h17H,2-9H2,1H3,(H2,13,15)(H,14,16). The van der Waals surface area contributed by atoms with Gasteiger partial charge in [0.05, 0.1) is 0 Å². The molecule has 0 aromatic heterocycles. The number of oxime groups is 1. The van der Waals surface area contributed by atoms with Gasteiger partial charge in [-0.1, -0.05) is 37.8 Å². The van der Waals surface area contributed by atoms with E-state index in [2.05, 4.69) is 17.4 Å². The molecule has 0 radical (unpaired) electrons. The number of amidine groups is 1. The largest absolute Gasteiger partial charge is 0.409 e. The molecule has 0 aromatic rings. The normalized spacial score (nSPS) is 19.9. The van der Waals surface area contributed by atoms with Gasteiger partial charge >= 0.3 is 0 Å². The van der Waals surface area contributed by atoms with Crippen LogP contribution >= 0.6 is 0 Å². The number of nitrogens with zero attached hydrogens (tertiary/aromatic N) is 1. The van der Waals surface area contributed by atoms with Gasteiger partial charge in [-0.2, -0.15) is 0 Å². The summed E-state index contributed by atoms with van der Waals surface area (Å²) in [5, 5.41) is 14.8. The van der Waals surface area contributed by atoms with Gasteiger partial charge in [0.1, 0.15) is 5.41 Å². The van der Waals surface area contributed by atoms with Gasteiger partial charge in [-0.25, -0.2) is 0 Å². The second kappa shape index (κ2) is 6.47. The molecule has 0 bridgehead atoms. The zero-order valence-electron chi connectivity index (χ0n) is 10.5. The molecule has 1 aliphatic rings. The van der Waals surface area contributed by atoms with Crippen molar-refractivity contribution >= 4 is 11.7 Å². The Morgan fingerprint density at radius 1 is 1.41 bits per heavy atom. The summed E-state index contributed by atoms with van der Waals surface area (Å²) in [4.78, 5) is 12.2. The third kappa shape index (κ3) is 3.11. The quantitative estimate of drug-likeness (QED) is 0.224. The first-order valence-electron chi connectivity index (χ1n) is 6.43. The lowest BCUT2D eigenvalue weighted by Gasteiger charge is -2.34. The van der Waals surface area contributed by atoms with Gasteiger partial charge in [-0.15, -0.1) is 0 Å². The van der Waals surface area contributed by atoms with Crippen LogP contribution in [0.4, 0.5) is 0 Å². The highest BCUT2D eigenvalue weighted by Gasteiger charge is 2.43. The highest BCUT2D eigenvalue weighted by atomic mass is 16.4. The van der Waals surface area contributed by atoms with Gasteiger partial charge in [0.2, 0.25) is 5.91 Å². The second-order valence-electron chi connectivity index (χ2n) is 4.74. The predicted octanol–water partition coefficient (Wildman–Crippen LogP) is 1.60. The molecule has 17 heavy (non-hydrogen) atoms. The van der Waals surface area contributed by atoms with Crippen molar-refractivity contribution in [3.8, 4) is 0 Å². The van der Waals surface area contributed by atoms with Crippen molar-refractivity contribution in [2.75, 3.05) is 6.54 Å². The summed E-state index contributed by atoms with van der Waals surface area (Å²) >= 11 is 0. The SMILES string of the molecule is CCCCNC(=O)C1(C(N)=NO)CCCCC1. The molecule has 0 heterocycles. The number of hydrogen-bond donors (Lipinski definition) is 3. The van der Waals surface area contributed by atoms with Crippen molar-refractivity contribution in [2.45, 2.75) is 51.9 Å². The summed E-state index contributed by atoms with van der Waals surface area (Å²) < 4.78 is 0. The molecule has 1 rings (SSSR count). The zero-order chi connectivity index (χ0) is 12.7. The lowest BCUT2D eigenvalue weighted by molar-refractivity contribution is -0.129. The molecule has 0 saturated heterocycles. The molecule has 4 N–H and O–H groups in total. The molecular formula is C12H23N3O2. The highest BCUT2D eigenvalue weighted by molar-refractivity contribution is 6.06. The predicted molar refractivity (Wildman–Crippen MR) is 66.8 cm³/mol. The first-order chi connectivity index (χ1) is 8.17. The zero-order valence-corrected chi connectivity index (χ0v) is 10.5. The smallest absolute Gasteiger partial charge is 0.233 e. The van der Waals surface area contributed by atoms with E-state index < -0.39 is 5.41 Å². The molecule has 0 aromatic carbocycles. The average molecular weight is 241 g/mol. The minimum atomic E-state index is -0.777. The van der Waals surface area contributed by atoms with Crippen LogP contribution in [0.2, 0.25) is 0 Å². The van der Waals surface area contributed by atoms with E-state index in [0.29, 0.717) is 19.4 Å². The van der Waals surface area contributed by atoms with E-state index in [9.17, 15) is 4.79 Å². The van der Waals surface area contributed by atoms with Crippen molar-refractivity contribution in [3.05, 3.63) is 0 Å². The summed E-state index contributed by atoms with van der Waals surface area (Å²) in [6.45, 7) is 2.74. The van der Waals surface area contributed by atoms with Crippen molar-refractivity contribution in [2.24, 2.45) is 16.3 Å². The molecule has 1 amide bonds. The maximum atomic E-state index is 12.2. The van der Waals surface area contributed by atoms with Crippen LogP contribution in [0.15, 0.2) is 5.16 Å². The van der Waals surface area contributed by atoms with Crippen LogP contribution in [0.5, 0.6) is 0 Å². The molecule has 0 aliphatic heterocycles. The monoisotopic (exact) mass is 241 g/mol. The van der Waals surface area contributed by atoms with Crippen LogP contribution < -0.4 is 11.1 Å². The number of nitrogens with one attached hydrogen (secondary N) is 1. The van der Waals surface area contributed by atoms with Gasteiger partial charge in [0.25, 0.3) is 0 Å². The number of carbonyl (C=O) groups excluding carboxylic acids is 1. The minimum Gasteiger partial charge on any atom is -0.409 e. The third-order valence-corrected chi connectivity index (χ3v) is 3.56. The van der Waals surface area contributed by atoms with Crippen molar-refractivity contribution in [1.29, 1.82) is 0 Å². The second-order valence-corrected chi connectivity index (χ2v) is 4.74. The Morgan fingerprint density at radius 3 is 2.59 bits per heavy atom. The van der Waals surface area contributed by atoms with E-state index in [4.69, 9.17) is 10.9 Å². The van der Waals surface area contributed by atoms with Gasteiger partial charge < -0.3 is 16.3 Å². The Balaban J connectivity index is 2.72. The number of nitrogens with two attached hydrogens (primary N) is 1. The molecule has 1 aliphatic carbocycles. The van der Waals surface area contributed by atoms with Gasteiger partial charge in [0, 0.05) is 6.54 Å². The maximum absolute atomic E-state index is 12.2. The fourth-order valence-corrected chi connectivity index (χ4v) is 2.40. The van der Waals surface area contributed by atoms with Crippen molar-refractivity contribution < 1.29 is 10.0 Å². The van der Waals surface area contributed by atoms with E-state index in [0.717, 1.165) is 32.1 Å². The van der Waals surface area contributed by atoms with E-state index in [1.54, 1.807) is 0 Å². The lowest BCUT2D eigenvalue weighted by atomic mass is 9.72. The Hall–Kier alpha value is -1.26. The van der Waals surface area contributed by atoms with Crippen LogP contribution in [0.25, 0.3) is 0 Å². The van der Waals surface area contributed by atoms with E-state index in [1.807, 2.05) is 0 Å². The van der Waals surface area contributed by atoms with Gasteiger partial charge in [-0.3, -0.25) is 4.79 Å². The number of amides is 1. The van der Waals surface area contributed by atoms with Crippen LogP contribution in [0.3, 0.4) is 0 Å². The summed E-state index contributed by atoms with van der Waals surface area (Å²) in [7, 11) is 0. The maximum Gasteiger partial charge on any atom is 0.233 e. The topological polar surface area (TPSA) is 87.7 Å². The van der Waals surface area contributed by atoms with Crippen LogP contribution in [-0.2, 0) is 4.79 Å². The lowest BCUT2D eigenvalue weighted by Crippen LogP contribution is -2.51. The Labute approximate surface area is 102 Å². The summed E-state index contributed by atoms with van der Waals surface area (Å²) in [6, 6.07) is 0. The molecule has 5 nitrogen and oxygen atoms in total. The number of rotatable bonds is 5. The van der Waals surface area contributed by atoms with E-state index >= 15 is 0 Å². The minimum absolute atomic E-state index is 0.0613. The number of carbonyl (C=O) groups is 1. The molecule has 98 valence electrons. The van der Waals surface area contributed by atoms with Gasteiger partial charge in [-0.05, 0) is 19.3 Å². The molecule has 1 fully saturated rings. The molecule has 5 heteroatoms. The van der Waals surface area contributed by atoms with Crippen LogP contribution in [0, 0.1) is 5.41 Å². The molecule has 0 atom stereocenters. The Morgan fingerprint density at radius 2 is 2.06 bits per heavy atom. The van der Waals surface area contributed by atoms with Crippen molar-refractivity contribution in [3.63, 3.8) is 0 Å². The summed E-state index contributed by atoms with van der Waals surface area (Å²) in [6.07, 6.45) is 6.38. The molecule has 0 spiro atoms. The molecule has 0 unspecified atom stereocenters. The Bertz CT molecular complexity index is 283. The van der Waals surface area contributed by atoms with Crippen LogP contribution in [-0.4, -0.2) is 23.5 Å². The summed E-state index contributed by atoms with van der Waals surface area (Å²) in [5.41, 5.74) is 4.95. The van der Waals surface area contributed by atoms with Gasteiger partial charge in [0.15, 0.2) is 5.84 Å². The van der Waals surface area contributed by atoms with Crippen molar-refractivity contribution in [1.82, 2.24) is 5.32 Å². The summed E-state index contributed by atoms with van der Waals surface area (Å²) in [5.74, 6) is -0.0212.